The van der Waals surface area contributed by atoms with E-state index >= 15 is 0 Å². The maximum absolute atomic E-state index is 12.9. The highest BCUT2D eigenvalue weighted by Crippen LogP contribution is 2.21. The number of aromatic nitrogens is 1. The van der Waals surface area contributed by atoms with Crippen molar-refractivity contribution in [3.8, 4) is 0 Å². The van der Waals surface area contributed by atoms with Crippen LogP contribution in [-0.4, -0.2) is 41.2 Å². The van der Waals surface area contributed by atoms with Gasteiger partial charge in [0.25, 0.3) is 5.91 Å². The average molecular weight is 353 g/mol. The zero-order valence-electron chi connectivity index (χ0n) is 15.8. The van der Waals surface area contributed by atoms with Gasteiger partial charge < -0.3 is 15.2 Å². The van der Waals surface area contributed by atoms with Gasteiger partial charge in [0.2, 0.25) is 0 Å². The number of ketones is 1. The number of benzene rings is 1. The van der Waals surface area contributed by atoms with Gasteiger partial charge >= 0.3 is 0 Å². The molecule has 1 aromatic heterocycles. The molecule has 0 spiro atoms. The Morgan fingerprint density at radius 3 is 2.38 bits per heavy atom. The Morgan fingerprint density at radius 2 is 1.81 bits per heavy atom. The summed E-state index contributed by atoms with van der Waals surface area (Å²) in [6.45, 7) is 8.15. The smallest absolute Gasteiger partial charge is 0.268 e. The van der Waals surface area contributed by atoms with Crippen molar-refractivity contribution in [2.45, 2.75) is 39.7 Å². The molecule has 5 nitrogen and oxygen atoms in total. The molecule has 26 heavy (non-hydrogen) atoms. The number of carbonyl (C=O) groups is 2. The lowest BCUT2D eigenvalue weighted by Crippen LogP contribution is -2.37. The summed E-state index contributed by atoms with van der Waals surface area (Å²) >= 11 is 0. The maximum Gasteiger partial charge on any atom is 0.268 e. The summed E-state index contributed by atoms with van der Waals surface area (Å²) in [6.07, 6.45) is 2.43. The van der Waals surface area contributed by atoms with E-state index in [0.29, 0.717) is 11.3 Å². The summed E-state index contributed by atoms with van der Waals surface area (Å²) in [5.74, 6) is -0.182. The van der Waals surface area contributed by atoms with Gasteiger partial charge in [-0.3, -0.25) is 9.59 Å². The van der Waals surface area contributed by atoms with Gasteiger partial charge in [-0.1, -0.05) is 30.3 Å². The van der Waals surface area contributed by atoms with Crippen LogP contribution in [0.15, 0.2) is 30.3 Å². The van der Waals surface area contributed by atoms with E-state index in [9.17, 15) is 9.59 Å². The van der Waals surface area contributed by atoms with Crippen LogP contribution in [0.25, 0.3) is 0 Å². The lowest BCUT2D eigenvalue weighted by Gasteiger charge is -2.25. The number of H-pyrrole nitrogens is 1. The molecule has 1 aliphatic rings. The van der Waals surface area contributed by atoms with E-state index in [1.54, 1.807) is 0 Å². The molecule has 1 atom stereocenters. The normalized spacial score (nSPS) is 15.8. The number of nitrogens with zero attached hydrogens (tertiary/aromatic N) is 1. The van der Waals surface area contributed by atoms with Gasteiger partial charge in [-0.05, 0) is 57.8 Å². The molecule has 0 radical (unpaired) electrons. The third-order valence-electron chi connectivity index (χ3n) is 5.16. The molecule has 0 aliphatic carbocycles. The molecular weight excluding hydrogens is 326 g/mol. The van der Waals surface area contributed by atoms with Gasteiger partial charge in [0.05, 0.1) is 6.04 Å². The number of amides is 1. The van der Waals surface area contributed by atoms with Crippen molar-refractivity contribution in [3.63, 3.8) is 0 Å². The van der Waals surface area contributed by atoms with Crippen molar-refractivity contribution in [1.82, 2.24) is 15.2 Å². The Morgan fingerprint density at radius 1 is 1.15 bits per heavy atom. The van der Waals surface area contributed by atoms with Crippen molar-refractivity contribution in [1.29, 1.82) is 0 Å². The molecule has 1 aromatic carbocycles. The number of nitrogens with one attached hydrogen (secondary N) is 2. The molecule has 138 valence electrons. The van der Waals surface area contributed by atoms with Crippen LogP contribution in [0.2, 0.25) is 0 Å². The summed E-state index contributed by atoms with van der Waals surface area (Å²) in [6, 6.07) is 10.00. The second-order valence-electron chi connectivity index (χ2n) is 7.13. The van der Waals surface area contributed by atoms with E-state index in [-0.39, 0.29) is 17.7 Å². The molecule has 1 fully saturated rings. The number of Topliss-reactive ketones (excluding diaryl/α,β-unsaturated/α-hetero) is 1. The zero-order chi connectivity index (χ0) is 18.7. The average Bonchev–Trinajstić information content (AvgIpc) is 3.22. The van der Waals surface area contributed by atoms with Crippen molar-refractivity contribution in [2.24, 2.45) is 0 Å². The van der Waals surface area contributed by atoms with Gasteiger partial charge in [0.1, 0.15) is 5.69 Å². The summed E-state index contributed by atoms with van der Waals surface area (Å²) < 4.78 is 0. The molecule has 1 saturated heterocycles. The second-order valence-corrected chi connectivity index (χ2v) is 7.13. The fourth-order valence-corrected chi connectivity index (χ4v) is 3.88. The standard InChI is InChI=1S/C21H27N3O2/c1-14-19(16(3)25)15(2)22-20(14)21(26)23-18(13-24-11-7-8-12-24)17-9-5-4-6-10-17/h4-6,9-10,18,22H,7-8,11-13H2,1-3H3,(H,23,26)/t18-/m1/s1. The van der Waals surface area contributed by atoms with E-state index in [0.717, 1.165) is 36.5 Å². The molecule has 1 amide bonds. The highest BCUT2D eigenvalue weighted by molar-refractivity contribution is 6.02. The van der Waals surface area contributed by atoms with Crippen LogP contribution in [0.4, 0.5) is 0 Å². The van der Waals surface area contributed by atoms with Crippen LogP contribution >= 0.6 is 0 Å². The van der Waals surface area contributed by atoms with Gasteiger partial charge in [0.15, 0.2) is 5.78 Å². The molecule has 2 heterocycles. The molecule has 0 bridgehead atoms. The van der Waals surface area contributed by atoms with E-state index in [2.05, 4.69) is 27.3 Å². The summed E-state index contributed by atoms with van der Waals surface area (Å²) in [4.78, 5) is 30.3. The van der Waals surface area contributed by atoms with Crippen molar-refractivity contribution >= 4 is 11.7 Å². The number of carbonyl (C=O) groups excluding carboxylic acids is 2. The third kappa shape index (κ3) is 3.88. The number of hydrogen-bond acceptors (Lipinski definition) is 3. The third-order valence-corrected chi connectivity index (χ3v) is 5.16. The number of aryl methyl sites for hydroxylation is 1. The SMILES string of the molecule is CC(=O)c1c(C)[nH]c(C(=O)N[C@H](CN2CCCC2)c2ccccc2)c1C. The van der Waals surface area contributed by atoms with Gasteiger partial charge in [-0.2, -0.15) is 0 Å². The van der Waals surface area contributed by atoms with Crippen molar-refractivity contribution in [3.05, 3.63) is 58.4 Å². The molecule has 0 unspecified atom stereocenters. The van der Waals surface area contributed by atoms with Crippen LogP contribution < -0.4 is 5.32 Å². The van der Waals surface area contributed by atoms with E-state index < -0.39 is 0 Å². The van der Waals surface area contributed by atoms with Crippen LogP contribution in [0.3, 0.4) is 0 Å². The fraction of sp³-hybridized carbons (Fsp3) is 0.429. The lowest BCUT2D eigenvalue weighted by molar-refractivity contribution is 0.0922. The highest BCUT2D eigenvalue weighted by Gasteiger charge is 2.24. The Hall–Kier alpha value is -2.40. The first-order valence-electron chi connectivity index (χ1n) is 9.25. The van der Waals surface area contributed by atoms with E-state index in [1.165, 1.54) is 19.8 Å². The fourth-order valence-electron chi connectivity index (χ4n) is 3.88. The lowest BCUT2D eigenvalue weighted by atomic mass is 10.0. The van der Waals surface area contributed by atoms with Crippen LogP contribution in [0, 0.1) is 13.8 Å². The van der Waals surface area contributed by atoms with Crippen LogP contribution in [0.1, 0.15) is 63.5 Å². The van der Waals surface area contributed by atoms with Crippen LogP contribution in [-0.2, 0) is 0 Å². The number of rotatable bonds is 6. The first-order valence-corrected chi connectivity index (χ1v) is 9.25. The van der Waals surface area contributed by atoms with Gasteiger partial charge in [-0.15, -0.1) is 0 Å². The minimum atomic E-state index is -0.161. The molecule has 1 aliphatic heterocycles. The summed E-state index contributed by atoms with van der Waals surface area (Å²) in [5, 5.41) is 3.17. The molecule has 2 aromatic rings. The van der Waals surface area contributed by atoms with Crippen LogP contribution in [0.5, 0.6) is 0 Å². The van der Waals surface area contributed by atoms with Crippen molar-refractivity contribution in [2.75, 3.05) is 19.6 Å². The zero-order valence-corrected chi connectivity index (χ0v) is 15.8. The highest BCUT2D eigenvalue weighted by atomic mass is 16.2. The topological polar surface area (TPSA) is 65.2 Å². The number of likely N-dealkylation sites (tertiary alicyclic amines) is 1. The first-order chi connectivity index (χ1) is 12.5. The van der Waals surface area contributed by atoms with E-state index in [1.807, 2.05) is 32.0 Å². The molecule has 2 N–H and O–H groups in total. The quantitative estimate of drug-likeness (QED) is 0.782. The minimum Gasteiger partial charge on any atom is -0.354 e. The Bertz CT molecular complexity index is 789. The summed E-state index contributed by atoms with van der Waals surface area (Å²) in [7, 11) is 0. The molecule has 0 saturated carbocycles. The first kappa shape index (κ1) is 18.4. The Kier molecular flexibility index (Phi) is 5.57. The van der Waals surface area contributed by atoms with Gasteiger partial charge in [-0.25, -0.2) is 0 Å². The molecular formula is C21H27N3O2. The predicted molar refractivity (Wildman–Crippen MR) is 103 cm³/mol. The van der Waals surface area contributed by atoms with Crippen molar-refractivity contribution < 1.29 is 9.59 Å². The minimum absolute atomic E-state index is 0.0213. The van der Waals surface area contributed by atoms with E-state index in [4.69, 9.17) is 0 Å². The maximum atomic E-state index is 12.9. The Labute approximate surface area is 154 Å². The second kappa shape index (κ2) is 7.87. The number of hydrogen-bond donors (Lipinski definition) is 2. The molecule has 3 rings (SSSR count). The largest absolute Gasteiger partial charge is 0.354 e. The monoisotopic (exact) mass is 353 g/mol. The van der Waals surface area contributed by atoms with Gasteiger partial charge in [0, 0.05) is 17.8 Å². The Balaban J connectivity index is 1.83. The predicted octanol–water partition coefficient (Wildman–Crippen LogP) is 3.40. The molecule has 5 heteroatoms. The number of aromatic amines is 1. The summed E-state index contributed by atoms with van der Waals surface area (Å²) in [5.41, 5.74) is 3.66.